The van der Waals surface area contributed by atoms with Crippen LogP contribution in [0.15, 0.2) is 54.6 Å². The zero-order valence-corrected chi connectivity index (χ0v) is 13.0. The van der Waals surface area contributed by atoms with Crippen molar-refractivity contribution >= 4 is 6.29 Å². The molecule has 0 saturated carbocycles. The minimum absolute atomic E-state index is 0.136. The maximum atomic E-state index is 12.1. The largest absolute Gasteiger partial charge is 0.317 e. The van der Waals surface area contributed by atoms with Crippen LogP contribution in [0.3, 0.4) is 0 Å². The van der Waals surface area contributed by atoms with E-state index in [-0.39, 0.29) is 6.54 Å². The molecule has 24 heavy (non-hydrogen) atoms. The van der Waals surface area contributed by atoms with Crippen molar-refractivity contribution in [3.63, 3.8) is 0 Å². The van der Waals surface area contributed by atoms with E-state index in [1.807, 2.05) is 54.6 Å². The third-order valence-electron chi connectivity index (χ3n) is 4.72. The number of hydroxylamine groups is 1. The highest BCUT2D eigenvalue weighted by Crippen LogP contribution is 2.45. The van der Waals surface area contributed by atoms with Crippen molar-refractivity contribution in [2.45, 2.75) is 11.8 Å². The standard InChI is InChI=1S/C19H17N3O2/c23-12-19(11-20-24)10-14-8-4-5-9-15(14)18-16(19)17(21-22-18)13-6-2-1-3-7-13/h1-9,12,20,24H,10-11H2,(H,21,22). The Bertz CT molecular complexity index is 875. The number of H-pyrrole nitrogens is 1. The topological polar surface area (TPSA) is 78.0 Å². The SMILES string of the molecule is O=CC1(CNO)Cc2ccccc2-c2[nH]nc(-c3ccccc3)c21. The van der Waals surface area contributed by atoms with Gasteiger partial charge in [0.15, 0.2) is 0 Å². The highest BCUT2D eigenvalue weighted by atomic mass is 16.5. The van der Waals surface area contributed by atoms with Crippen LogP contribution >= 0.6 is 0 Å². The van der Waals surface area contributed by atoms with Crippen molar-refractivity contribution in [2.24, 2.45) is 0 Å². The molecule has 0 fully saturated rings. The lowest BCUT2D eigenvalue weighted by Crippen LogP contribution is -2.43. The number of aromatic amines is 1. The van der Waals surface area contributed by atoms with E-state index in [1.165, 1.54) is 0 Å². The molecule has 1 atom stereocenters. The van der Waals surface area contributed by atoms with Crippen LogP contribution in [-0.4, -0.2) is 28.2 Å². The van der Waals surface area contributed by atoms with Crippen LogP contribution in [-0.2, 0) is 16.6 Å². The highest BCUT2D eigenvalue weighted by molar-refractivity contribution is 5.87. The Kier molecular flexibility index (Phi) is 3.52. The molecule has 120 valence electrons. The van der Waals surface area contributed by atoms with E-state index in [1.54, 1.807) is 0 Å². The quantitative estimate of drug-likeness (QED) is 0.510. The number of nitrogens with zero attached hydrogens (tertiary/aromatic N) is 1. The molecule has 5 heteroatoms. The van der Waals surface area contributed by atoms with Gasteiger partial charge in [0.25, 0.3) is 0 Å². The average Bonchev–Trinajstić information content (AvgIpc) is 3.09. The predicted octanol–water partition coefficient (Wildman–Crippen LogP) is 2.72. The first kappa shape index (κ1) is 14.8. The fraction of sp³-hybridized carbons (Fsp3) is 0.158. The summed E-state index contributed by atoms with van der Waals surface area (Å²) in [6.07, 6.45) is 1.44. The number of carbonyl (C=O) groups excluding carboxylic acids is 1. The van der Waals surface area contributed by atoms with E-state index in [0.717, 1.165) is 39.9 Å². The van der Waals surface area contributed by atoms with Crippen molar-refractivity contribution in [3.8, 4) is 22.5 Å². The Morgan fingerprint density at radius 1 is 1.17 bits per heavy atom. The van der Waals surface area contributed by atoms with Crippen LogP contribution in [0.2, 0.25) is 0 Å². The van der Waals surface area contributed by atoms with Crippen molar-refractivity contribution in [1.29, 1.82) is 0 Å². The van der Waals surface area contributed by atoms with Gasteiger partial charge in [-0.25, -0.2) is 5.48 Å². The number of rotatable bonds is 4. The van der Waals surface area contributed by atoms with Gasteiger partial charge in [-0.1, -0.05) is 54.6 Å². The van der Waals surface area contributed by atoms with Crippen LogP contribution in [0.5, 0.6) is 0 Å². The second-order valence-corrected chi connectivity index (χ2v) is 6.13. The molecule has 3 N–H and O–H groups in total. The highest BCUT2D eigenvalue weighted by Gasteiger charge is 2.42. The number of nitrogens with one attached hydrogen (secondary N) is 2. The Morgan fingerprint density at radius 3 is 2.67 bits per heavy atom. The molecule has 5 nitrogen and oxygen atoms in total. The second kappa shape index (κ2) is 5.70. The van der Waals surface area contributed by atoms with Crippen molar-refractivity contribution in [2.75, 3.05) is 6.54 Å². The first-order valence-corrected chi connectivity index (χ1v) is 7.85. The Balaban J connectivity index is 2.01. The summed E-state index contributed by atoms with van der Waals surface area (Å²) in [5.74, 6) is 0. The number of hydrogen-bond donors (Lipinski definition) is 3. The monoisotopic (exact) mass is 319 g/mol. The molecular weight excluding hydrogens is 302 g/mol. The number of hydrogen-bond acceptors (Lipinski definition) is 4. The first-order valence-electron chi connectivity index (χ1n) is 7.85. The second-order valence-electron chi connectivity index (χ2n) is 6.13. The minimum Gasteiger partial charge on any atom is -0.317 e. The maximum Gasteiger partial charge on any atom is 0.132 e. The smallest absolute Gasteiger partial charge is 0.132 e. The van der Waals surface area contributed by atoms with E-state index in [4.69, 9.17) is 0 Å². The van der Waals surface area contributed by atoms with Crippen LogP contribution < -0.4 is 5.48 Å². The van der Waals surface area contributed by atoms with Crippen molar-refractivity contribution in [3.05, 3.63) is 65.7 Å². The van der Waals surface area contributed by atoms with E-state index in [2.05, 4.69) is 15.7 Å². The van der Waals surface area contributed by atoms with Gasteiger partial charge < -0.3 is 10.0 Å². The van der Waals surface area contributed by atoms with E-state index >= 15 is 0 Å². The number of aldehydes is 1. The third-order valence-corrected chi connectivity index (χ3v) is 4.72. The summed E-state index contributed by atoms with van der Waals surface area (Å²) in [7, 11) is 0. The molecule has 0 spiro atoms. The van der Waals surface area contributed by atoms with E-state index in [9.17, 15) is 10.0 Å². The van der Waals surface area contributed by atoms with Gasteiger partial charge in [0, 0.05) is 23.2 Å². The fourth-order valence-electron chi connectivity index (χ4n) is 3.61. The lowest BCUT2D eigenvalue weighted by Gasteiger charge is -2.33. The molecule has 0 bridgehead atoms. The lowest BCUT2D eigenvalue weighted by atomic mass is 9.69. The number of fused-ring (bicyclic) bond motifs is 3. The van der Waals surface area contributed by atoms with Gasteiger partial charge in [0.1, 0.15) is 6.29 Å². The van der Waals surface area contributed by atoms with Crippen LogP contribution in [0.1, 0.15) is 11.1 Å². The molecule has 3 aromatic rings. The van der Waals surface area contributed by atoms with Gasteiger partial charge in [-0.15, -0.1) is 0 Å². The summed E-state index contributed by atoms with van der Waals surface area (Å²) >= 11 is 0. The summed E-state index contributed by atoms with van der Waals surface area (Å²) in [5, 5.41) is 17.0. The van der Waals surface area contributed by atoms with Crippen molar-refractivity contribution < 1.29 is 10.0 Å². The molecule has 0 radical (unpaired) electrons. The van der Waals surface area contributed by atoms with Crippen molar-refractivity contribution in [1.82, 2.24) is 15.7 Å². The molecule has 1 heterocycles. The molecule has 0 saturated heterocycles. The fourth-order valence-corrected chi connectivity index (χ4v) is 3.61. The Hall–Kier alpha value is -2.76. The molecule has 1 aromatic heterocycles. The van der Waals surface area contributed by atoms with Crippen LogP contribution in [0.25, 0.3) is 22.5 Å². The Labute approximate surface area is 139 Å². The molecule has 0 amide bonds. The number of aromatic nitrogens is 2. The van der Waals surface area contributed by atoms with Gasteiger partial charge in [0.2, 0.25) is 0 Å². The summed E-state index contributed by atoms with van der Waals surface area (Å²) in [6.45, 7) is 0.136. The molecule has 0 aliphatic heterocycles. The van der Waals surface area contributed by atoms with Gasteiger partial charge >= 0.3 is 0 Å². The molecule has 1 aliphatic carbocycles. The molecule has 1 aliphatic rings. The third kappa shape index (κ3) is 2.10. The minimum atomic E-state index is -0.864. The summed E-state index contributed by atoms with van der Waals surface area (Å²) in [4.78, 5) is 12.1. The maximum absolute atomic E-state index is 12.1. The predicted molar refractivity (Wildman–Crippen MR) is 90.7 cm³/mol. The van der Waals surface area contributed by atoms with Gasteiger partial charge in [0.05, 0.1) is 16.8 Å². The number of benzene rings is 2. The molecule has 4 rings (SSSR count). The Morgan fingerprint density at radius 2 is 1.92 bits per heavy atom. The molecular formula is C19H17N3O2. The van der Waals surface area contributed by atoms with E-state index in [0.29, 0.717) is 6.42 Å². The van der Waals surface area contributed by atoms with Gasteiger partial charge in [-0.05, 0) is 12.0 Å². The average molecular weight is 319 g/mol. The van der Waals surface area contributed by atoms with Gasteiger partial charge in [-0.2, -0.15) is 5.10 Å². The van der Waals surface area contributed by atoms with Crippen LogP contribution in [0, 0.1) is 0 Å². The van der Waals surface area contributed by atoms with E-state index < -0.39 is 5.41 Å². The normalized spacial score (nSPS) is 18.7. The molecule has 2 aromatic carbocycles. The lowest BCUT2D eigenvalue weighted by molar-refractivity contribution is -0.113. The zero-order valence-electron chi connectivity index (χ0n) is 13.0. The summed E-state index contributed by atoms with van der Waals surface area (Å²) in [5.41, 5.74) is 6.83. The number of carbonyl (C=O) groups is 1. The summed E-state index contributed by atoms with van der Waals surface area (Å²) < 4.78 is 0. The zero-order chi connectivity index (χ0) is 16.6. The molecule has 1 unspecified atom stereocenters. The summed E-state index contributed by atoms with van der Waals surface area (Å²) in [6, 6.07) is 17.8. The van der Waals surface area contributed by atoms with Gasteiger partial charge in [-0.3, -0.25) is 5.10 Å². The first-order chi connectivity index (χ1) is 11.8. The van der Waals surface area contributed by atoms with Crippen LogP contribution in [0.4, 0.5) is 0 Å².